The zero-order valence-corrected chi connectivity index (χ0v) is 25.1. The Morgan fingerprint density at radius 3 is 2.44 bits per heavy atom. The highest BCUT2D eigenvalue weighted by atomic mass is 35.5. The highest BCUT2D eigenvalue weighted by molar-refractivity contribution is 6.35. The van der Waals surface area contributed by atoms with Gasteiger partial charge < -0.3 is 28.8 Å². The van der Waals surface area contributed by atoms with Crippen LogP contribution in [-0.2, 0) is 19.5 Å². The van der Waals surface area contributed by atoms with Crippen LogP contribution >= 0.6 is 11.6 Å². The molecule has 1 aromatic heterocycles. The zero-order valence-electron chi connectivity index (χ0n) is 24.3. The lowest BCUT2D eigenvalue weighted by atomic mass is 10.1. The van der Waals surface area contributed by atoms with Gasteiger partial charge in [0.2, 0.25) is 0 Å². The second-order valence-corrected chi connectivity index (χ2v) is 10.7. The number of hydrogen-bond acceptors (Lipinski definition) is 6. The topological polar surface area (TPSA) is 86.1 Å². The molecule has 0 fully saturated rings. The van der Waals surface area contributed by atoms with Crippen molar-refractivity contribution in [2.75, 3.05) is 34.5 Å². The van der Waals surface area contributed by atoms with Crippen LogP contribution in [0.5, 0.6) is 17.2 Å². The summed E-state index contributed by atoms with van der Waals surface area (Å²) in [5.41, 5.74) is 4.12. The molecule has 218 valence electrons. The molecule has 0 aliphatic heterocycles. The number of fused-ring (bicyclic) bond motifs is 1. The second-order valence-electron chi connectivity index (χ2n) is 10.3. The number of benzene rings is 3. The Morgan fingerprint density at radius 2 is 1.76 bits per heavy atom. The van der Waals surface area contributed by atoms with Crippen molar-refractivity contribution in [1.82, 2.24) is 14.5 Å². The fourth-order valence-electron chi connectivity index (χ4n) is 4.89. The lowest BCUT2D eigenvalue weighted by Crippen LogP contribution is -2.33. The summed E-state index contributed by atoms with van der Waals surface area (Å²) < 4.78 is 18.6. The molecular weight excluding hydrogens is 542 g/mol. The van der Waals surface area contributed by atoms with Crippen LogP contribution in [0, 0.1) is 5.92 Å². The molecule has 0 spiro atoms. The molecule has 0 unspecified atom stereocenters. The minimum absolute atomic E-state index is 0.0661. The van der Waals surface area contributed by atoms with Crippen molar-refractivity contribution in [3.05, 3.63) is 82.1 Å². The Morgan fingerprint density at radius 1 is 1.02 bits per heavy atom. The van der Waals surface area contributed by atoms with Crippen LogP contribution in [0.25, 0.3) is 11.0 Å². The number of ether oxygens (including phenoxy) is 3. The number of hydrogen-bond donors (Lipinski definition) is 1. The quantitative estimate of drug-likeness (QED) is 0.209. The number of methoxy groups -OCH3 is 3. The zero-order chi connectivity index (χ0) is 29.5. The molecule has 1 amide bonds. The van der Waals surface area contributed by atoms with Gasteiger partial charge in [0, 0.05) is 18.7 Å². The molecule has 1 heterocycles. The van der Waals surface area contributed by atoms with Crippen molar-refractivity contribution < 1.29 is 24.1 Å². The highest BCUT2D eigenvalue weighted by Gasteiger charge is 2.25. The summed E-state index contributed by atoms with van der Waals surface area (Å²) in [6.07, 6.45) is 1.37. The molecule has 1 N–H and O–H groups in total. The number of halogens is 1. The van der Waals surface area contributed by atoms with E-state index in [1.165, 1.54) is 14.2 Å². The normalized spacial score (nSPS) is 11.2. The van der Waals surface area contributed by atoms with E-state index < -0.39 is 0 Å². The van der Waals surface area contributed by atoms with Crippen molar-refractivity contribution in [3.8, 4) is 17.2 Å². The van der Waals surface area contributed by atoms with E-state index in [1.54, 1.807) is 24.1 Å². The highest BCUT2D eigenvalue weighted by Crippen LogP contribution is 2.38. The lowest BCUT2D eigenvalue weighted by molar-refractivity contribution is 0.0729. The molecule has 0 aliphatic carbocycles. The fraction of sp³-hybridized carbons (Fsp3) is 0.375. The maximum Gasteiger partial charge on any atom is 0.255 e. The van der Waals surface area contributed by atoms with E-state index in [0.717, 1.165) is 40.2 Å². The SMILES string of the molecule is COc1ccc(CCO)cc1Cn1c(CN(CCC(C)C)C(=O)c2ccc(OC)c(OC)c2Cl)nc2ccccc21. The van der Waals surface area contributed by atoms with E-state index in [-0.39, 0.29) is 24.1 Å². The maximum absolute atomic E-state index is 14.0. The summed E-state index contributed by atoms with van der Waals surface area (Å²) in [5.74, 6) is 2.46. The Labute approximate surface area is 246 Å². The first-order valence-electron chi connectivity index (χ1n) is 13.7. The Hall–Kier alpha value is -3.75. The smallest absolute Gasteiger partial charge is 0.255 e. The number of para-hydroxylation sites is 2. The van der Waals surface area contributed by atoms with Crippen LogP contribution in [-0.4, -0.2) is 59.9 Å². The number of carbonyl (C=O) groups excluding carboxylic acids is 1. The summed E-state index contributed by atoms with van der Waals surface area (Å²) in [7, 11) is 4.68. The van der Waals surface area contributed by atoms with Crippen molar-refractivity contribution in [3.63, 3.8) is 0 Å². The number of imidazole rings is 1. The standard InChI is InChI=1S/C32H38ClN3O5/c1-21(2)14-16-35(32(38)24-11-13-28(40-4)31(41-5)30(24)33)20-29-34-25-8-6-7-9-26(25)36(29)19-23-18-22(15-17-37)10-12-27(23)39-3/h6-13,18,21,37H,14-17,19-20H2,1-5H3. The van der Waals surface area contributed by atoms with Crippen LogP contribution in [0.3, 0.4) is 0 Å². The van der Waals surface area contributed by atoms with Gasteiger partial charge in [-0.05, 0) is 54.7 Å². The van der Waals surface area contributed by atoms with Gasteiger partial charge in [0.05, 0.1) is 56.0 Å². The lowest BCUT2D eigenvalue weighted by Gasteiger charge is -2.25. The third kappa shape index (κ3) is 6.77. The van der Waals surface area contributed by atoms with Gasteiger partial charge in [-0.15, -0.1) is 0 Å². The van der Waals surface area contributed by atoms with E-state index >= 15 is 0 Å². The summed E-state index contributed by atoms with van der Waals surface area (Å²) in [4.78, 5) is 20.8. The van der Waals surface area contributed by atoms with E-state index in [1.807, 2.05) is 36.4 Å². The number of amides is 1. The van der Waals surface area contributed by atoms with E-state index in [2.05, 4.69) is 24.5 Å². The summed E-state index contributed by atoms with van der Waals surface area (Å²) in [6, 6.07) is 17.3. The molecule has 8 nitrogen and oxygen atoms in total. The Kier molecular flexibility index (Phi) is 10.1. The molecule has 3 aromatic carbocycles. The van der Waals surface area contributed by atoms with E-state index in [4.69, 9.17) is 30.8 Å². The van der Waals surface area contributed by atoms with Gasteiger partial charge in [-0.3, -0.25) is 4.79 Å². The van der Waals surface area contributed by atoms with Crippen molar-refractivity contribution in [2.24, 2.45) is 5.92 Å². The third-order valence-corrected chi connectivity index (χ3v) is 7.49. The average molecular weight is 580 g/mol. The van der Waals surface area contributed by atoms with Crippen LogP contribution in [0.2, 0.25) is 5.02 Å². The average Bonchev–Trinajstić information content (AvgIpc) is 3.31. The number of aliphatic hydroxyl groups is 1. The van der Waals surface area contributed by atoms with Gasteiger partial charge in [-0.1, -0.05) is 49.7 Å². The van der Waals surface area contributed by atoms with Crippen LogP contribution in [0.1, 0.15) is 47.6 Å². The van der Waals surface area contributed by atoms with Gasteiger partial charge in [-0.2, -0.15) is 0 Å². The summed E-state index contributed by atoms with van der Waals surface area (Å²) in [6.45, 7) is 5.63. The first kappa shape index (κ1) is 30.2. The minimum Gasteiger partial charge on any atom is -0.496 e. The molecule has 0 saturated carbocycles. The number of rotatable bonds is 13. The van der Waals surface area contributed by atoms with Crippen molar-refractivity contribution in [1.29, 1.82) is 0 Å². The number of aromatic nitrogens is 2. The van der Waals surface area contributed by atoms with E-state index in [0.29, 0.717) is 42.5 Å². The van der Waals surface area contributed by atoms with Gasteiger partial charge in [0.25, 0.3) is 5.91 Å². The number of nitrogens with zero attached hydrogens (tertiary/aromatic N) is 3. The van der Waals surface area contributed by atoms with Crippen LogP contribution < -0.4 is 14.2 Å². The fourth-order valence-corrected chi connectivity index (χ4v) is 5.21. The van der Waals surface area contributed by atoms with Crippen LogP contribution in [0.15, 0.2) is 54.6 Å². The number of carbonyl (C=O) groups is 1. The van der Waals surface area contributed by atoms with Crippen LogP contribution in [0.4, 0.5) is 0 Å². The van der Waals surface area contributed by atoms with Gasteiger partial charge in [-0.25, -0.2) is 4.98 Å². The van der Waals surface area contributed by atoms with Crippen molar-refractivity contribution in [2.45, 2.75) is 39.8 Å². The molecular formula is C32H38ClN3O5. The first-order chi connectivity index (χ1) is 19.8. The van der Waals surface area contributed by atoms with Gasteiger partial charge >= 0.3 is 0 Å². The predicted molar refractivity (Wildman–Crippen MR) is 161 cm³/mol. The first-order valence-corrected chi connectivity index (χ1v) is 14.1. The molecule has 0 saturated heterocycles. The third-order valence-electron chi connectivity index (χ3n) is 7.12. The predicted octanol–water partition coefficient (Wildman–Crippen LogP) is 5.99. The summed E-state index contributed by atoms with van der Waals surface area (Å²) >= 11 is 6.67. The molecule has 0 aliphatic rings. The molecule has 0 radical (unpaired) electrons. The largest absolute Gasteiger partial charge is 0.496 e. The van der Waals surface area contributed by atoms with Gasteiger partial charge in [0.1, 0.15) is 11.6 Å². The minimum atomic E-state index is -0.210. The molecule has 4 rings (SSSR count). The summed E-state index contributed by atoms with van der Waals surface area (Å²) in [5, 5.41) is 9.70. The Balaban J connectivity index is 1.77. The Bertz CT molecular complexity index is 1500. The molecule has 0 atom stereocenters. The monoisotopic (exact) mass is 579 g/mol. The van der Waals surface area contributed by atoms with Gasteiger partial charge in [0.15, 0.2) is 11.5 Å². The molecule has 0 bridgehead atoms. The van der Waals surface area contributed by atoms with Crippen molar-refractivity contribution >= 4 is 28.5 Å². The molecule has 9 heteroatoms. The molecule has 41 heavy (non-hydrogen) atoms. The van der Waals surface area contributed by atoms with E-state index in [9.17, 15) is 9.90 Å². The maximum atomic E-state index is 14.0. The second kappa shape index (κ2) is 13.7. The molecule has 4 aromatic rings. The number of aliphatic hydroxyl groups excluding tert-OH is 1.